The van der Waals surface area contributed by atoms with Gasteiger partial charge >= 0.3 is 5.97 Å². The van der Waals surface area contributed by atoms with Crippen molar-refractivity contribution in [2.45, 2.75) is 77.0 Å². The average Bonchev–Trinajstić information content (AvgIpc) is 3.04. The summed E-state index contributed by atoms with van der Waals surface area (Å²) in [7, 11) is 1.39. The van der Waals surface area contributed by atoms with Crippen molar-refractivity contribution >= 4 is 23.1 Å². The lowest BCUT2D eigenvalue weighted by Crippen LogP contribution is -2.21. The minimum Gasteiger partial charge on any atom is -0.469 e. The van der Waals surface area contributed by atoms with Gasteiger partial charge in [-0.05, 0) is 51.3 Å². The zero-order chi connectivity index (χ0) is 22.4. The van der Waals surface area contributed by atoms with E-state index in [1.165, 1.54) is 7.11 Å². The number of fused-ring (bicyclic) bond motifs is 1. The monoisotopic (exact) mass is 428 g/mol. The molecule has 1 fully saturated rings. The van der Waals surface area contributed by atoms with Gasteiger partial charge in [0.25, 0.3) is 0 Å². The maximum absolute atomic E-state index is 11.4. The van der Waals surface area contributed by atoms with Gasteiger partial charge in [0.2, 0.25) is 0 Å². The third-order valence-electron chi connectivity index (χ3n) is 5.27. The number of benzene rings is 1. The number of carbonyl (C=O) groups excluding carboxylic acids is 1. The molecule has 1 aromatic carbocycles. The van der Waals surface area contributed by atoms with Gasteiger partial charge in [0.1, 0.15) is 6.10 Å². The first-order valence-corrected chi connectivity index (χ1v) is 10.9. The van der Waals surface area contributed by atoms with Gasteiger partial charge in [-0.2, -0.15) is 0 Å². The third kappa shape index (κ3) is 6.09. The van der Waals surface area contributed by atoms with Gasteiger partial charge in [-0.25, -0.2) is 9.97 Å². The molecule has 0 spiro atoms. The molecular formula is C24H32N2O5. The predicted molar refractivity (Wildman–Crippen MR) is 118 cm³/mol. The molecule has 0 amide bonds. The van der Waals surface area contributed by atoms with Crippen molar-refractivity contribution < 1.29 is 24.1 Å². The number of aliphatic hydroxyl groups is 1. The topological polar surface area (TPSA) is 90.8 Å². The second-order valence-electron chi connectivity index (χ2n) is 8.25. The molecule has 1 aromatic heterocycles. The Kier molecular flexibility index (Phi) is 7.75. The Morgan fingerprint density at radius 2 is 1.97 bits per heavy atom. The average molecular weight is 429 g/mol. The van der Waals surface area contributed by atoms with Gasteiger partial charge in [-0.3, -0.25) is 4.79 Å². The summed E-state index contributed by atoms with van der Waals surface area (Å²) in [6, 6.07) is 7.63. The standard InChI is InChI=1S/C24H32N2O5/c1-5-9-19(27)23-18(25-16-10-6-7-11-17(16)26-23)14-15-21-20(30-24(2,3)31-21)12-8-13-22(28)29-4/h6-7,10-11,14-15,19-21,27H,5,8-9,12-13H2,1-4H3/b15-14+/t19?,20-,21+/m0/s1. The minimum absolute atomic E-state index is 0.187. The van der Waals surface area contributed by atoms with Crippen LogP contribution in [-0.4, -0.2) is 46.1 Å². The molecule has 1 saturated heterocycles. The molecule has 1 aliphatic rings. The van der Waals surface area contributed by atoms with Crippen LogP contribution in [-0.2, 0) is 19.0 Å². The van der Waals surface area contributed by atoms with Gasteiger partial charge in [0.15, 0.2) is 5.79 Å². The lowest BCUT2D eigenvalue weighted by molar-refractivity contribution is -0.144. The van der Waals surface area contributed by atoms with E-state index in [0.29, 0.717) is 37.1 Å². The molecule has 3 atom stereocenters. The Bertz CT molecular complexity index is 927. The fraction of sp³-hybridized carbons (Fsp3) is 0.542. The predicted octanol–water partition coefficient (Wildman–Crippen LogP) is 4.34. The van der Waals surface area contributed by atoms with Crippen LogP contribution in [0, 0.1) is 0 Å². The molecule has 7 nitrogen and oxygen atoms in total. The van der Waals surface area contributed by atoms with Crippen LogP contribution in [0.4, 0.5) is 0 Å². The summed E-state index contributed by atoms with van der Waals surface area (Å²) in [5.74, 6) is -0.948. The van der Waals surface area contributed by atoms with E-state index in [0.717, 1.165) is 17.5 Å². The van der Waals surface area contributed by atoms with Gasteiger partial charge in [-0.15, -0.1) is 0 Å². The Morgan fingerprint density at radius 3 is 2.65 bits per heavy atom. The van der Waals surface area contributed by atoms with Crippen molar-refractivity contribution in [2.75, 3.05) is 7.11 Å². The summed E-state index contributed by atoms with van der Waals surface area (Å²) in [5, 5.41) is 10.6. The summed E-state index contributed by atoms with van der Waals surface area (Å²) < 4.78 is 16.8. The molecule has 2 heterocycles. The molecule has 2 aromatic rings. The van der Waals surface area contributed by atoms with Crippen molar-refractivity contribution in [1.82, 2.24) is 9.97 Å². The number of aromatic nitrogens is 2. The maximum Gasteiger partial charge on any atom is 0.305 e. The highest BCUT2D eigenvalue weighted by Gasteiger charge is 2.39. The number of methoxy groups -OCH3 is 1. The van der Waals surface area contributed by atoms with Gasteiger partial charge in [0.05, 0.1) is 41.7 Å². The summed E-state index contributed by atoms with van der Waals surface area (Å²) in [6.45, 7) is 5.78. The second-order valence-corrected chi connectivity index (χ2v) is 8.25. The van der Waals surface area contributed by atoms with Gasteiger partial charge in [0, 0.05) is 6.42 Å². The van der Waals surface area contributed by atoms with Crippen LogP contribution in [0.1, 0.15) is 70.4 Å². The summed E-state index contributed by atoms with van der Waals surface area (Å²) >= 11 is 0. The number of hydrogen-bond donors (Lipinski definition) is 1. The Balaban J connectivity index is 1.83. The molecule has 0 bridgehead atoms. The Labute approximate surface area is 183 Å². The molecule has 7 heteroatoms. The van der Waals surface area contributed by atoms with Crippen LogP contribution in [0.15, 0.2) is 30.3 Å². The van der Waals surface area contributed by atoms with Crippen LogP contribution < -0.4 is 0 Å². The number of ether oxygens (including phenoxy) is 3. The van der Waals surface area contributed by atoms with Crippen LogP contribution in [0.25, 0.3) is 17.1 Å². The van der Waals surface area contributed by atoms with E-state index in [1.807, 2.05) is 57.2 Å². The van der Waals surface area contributed by atoms with E-state index < -0.39 is 11.9 Å². The molecule has 1 aliphatic heterocycles. The number of esters is 1. The fourth-order valence-corrected chi connectivity index (χ4v) is 3.79. The number of carbonyl (C=O) groups is 1. The van der Waals surface area contributed by atoms with Crippen LogP contribution in [0.5, 0.6) is 0 Å². The lowest BCUT2D eigenvalue weighted by Gasteiger charge is -2.16. The van der Waals surface area contributed by atoms with E-state index in [1.54, 1.807) is 0 Å². The summed E-state index contributed by atoms with van der Waals surface area (Å²) in [5.41, 5.74) is 2.72. The lowest BCUT2D eigenvalue weighted by atomic mass is 10.0. The Hall–Kier alpha value is -2.35. The van der Waals surface area contributed by atoms with Crippen molar-refractivity contribution in [3.8, 4) is 0 Å². The van der Waals surface area contributed by atoms with E-state index in [2.05, 4.69) is 4.98 Å². The normalized spacial score (nSPS) is 21.6. The first-order chi connectivity index (χ1) is 14.8. The van der Waals surface area contributed by atoms with Crippen molar-refractivity contribution in [2.24, 2.45) is 0 Å². The molecule has 31 heavy (non-hydrogen) atoms. The van der Waals surface area contributed by atoms with Gasteiger partial charge in [-0.1, -0.05) is 31.6 Å². The van der Waals surface area contributed by atoms with Crippen molar-refractivity contribution in [1.29, 1.82) is 0 Å². The van der Waals surface area contributed by atoms with Crippen LogP contribution in [0.3, 0.4) is 0 Å². The highest BCUT2D eigenvalue weighted by molar-refractivity contribution is 5.75. The summed E-state index contributed by atoms with van der Waals surface area (Å²) in [4.78, 5) is 20.8. The SMILES string of the molecule is CCCC(O)c1nc2ccccc2nc1/C=C/[C@H]1OC(C)(C)O[C@H]1CCCC(=O)OC. The van der Waals surface area contributed by atoms with Crippen LogP contribution in [0.2, 0.25) is 0 Å². The molecule has 0 radical (unpaired) electrons. The van der Waals surface area contributed by atoms with Crippen LogP contribution >= 0.6 is 0 Å². The third-order valence-corrected chi connectivity index (χ3v) is 5.27. The molecule has 3 rings (SSSR count). The maximum atomic E-state index is 11.4. The van der Waals surface area contributed by atoms with E-state index in [9.17, 15) is 9.90 Å². The van der Waals surface area contributed by atoms with Crippen molar-refractivity contribution in [3.05, 3.63) is 41.7 Å². The quantitative estimate of drug-likeness (QED) is 0.594. The molecular weight excluding hydrogens is 396 g/mol. The van der Waals surface area contributed by atoms with Gasteiger partial charge < -0.3 is 19.3 Å². The zero-order valence-electron chi connectivity index (χ0n) is 18.7. The molecule has 0 saturated carbocycles. The highest BCUT2D eigenvalue weighted by atomic mass is 16.7. The number of nitrogens with zero attached hydrogens (tertiary/aromatic N) is 2. The molecule has 0 aliphatic carbocycles. The van der Waals surface area contributed by atoms with E-state index in [-0.39, 0.29) is 18.2 Å². The van der Waals surface area contributed by atoms with E-state index in [4.69, 9.17) is 19.2 Å². The van der Waals surface area contributed by atoms with E-state index >= 15 is 0 Å². The highest BCUT2D eigenvalue weighted by Crippen LogP contribution is 2.32. The first-order valence-electron chi connectivity index (χ1n) is 10.9. The number of hydrogen-bond acceptors (Lipinski definition) is 7. The molecule has 1 unspecified atom stereocenters. The largest absolute Gasteiger partial charge is 0.469 e. The van der Waals surface area contributed by atoms with Crippen molar-refractivity contribution in [3.63, 3.8) is 0 Å². The molecule has 168 valence electrons. The molecule has 1 N–H and O–H groups in total. The first kappa shape index (κ1) is 23.3. The zero-order valence-corrected chi connectivity index (χ0v) is 18.7. The number of rotatable bonds is 9. The fourth-order valence-electron chi connectivity index (χ4n) is 3.79. The number of aliphatic hydroxyl groups excluding tert-OH is 1. The minimum atomic E-state index is -0.718. The Morgan fingerprint density at radius 1 is 1.26 bits per heavy atom. The smallest absolute Gasteiger partial charge is 0.305 e. The number of para-hydroxylation sites is 2. The second kappa shape index (κ2) is 10.3. The summed E-state index contributed by atoms with van der Waals surface area (Å²) in [6.07, 6.45) is 5.72.